The highest BCUT2D eigenvalue weighted by Gasteiger charge is 2.21. The standard InChI is InChI=1S/C10H18N4O/c1-13(10-5-11-6-10)7-9-4-12-14(8-9)2-3-15/h4,8,10-11,15H,2-3,5-7H2,1H3. The molecule has 1 aliphatic rings. The van der Waals surface area contributed by atoms with Gasteiger partial charge < -0.3 is 10.4 Å². The average molecular weight is 210 g/mol. The summed E-state index contributed by atoms with van der Waals surface area (Å²) in [4.78, 5) is 2.33. The number of aromatic nitrogens is 2. The summed E-state index contributed by atoms with van der Waals surface area (Å²) in [5, 5.41) is 16.2. The molecule has 84 valence electrons. The van der Waals surface area contributed by atoms with Crippen LogP contribution in [0.15, 0.2) is 12.4 Å². The van der Waals surface area contributed by atoms with Gasteiger partial charge in [-0.1, -0.05) is 0 Å². The number of aliphatic hydroxyl groups is 1. The van der Waals surface area contributed by atoms with E-state index in [1.54, 1.807) is 4.68 Å². The van der Waals surface area contributed by atoms with Gasteiger partial charge in [0.2, 0.25) is 0 Å². The molecule has 0 unspecified atom stereocenters. The summed E-state index contributed by atoms with van der Waals surface area (Å²) >= 11 is 0. The van der Waals surface area contributed by atoms with E-state index in [4.69, 9.17) is 5.11 Å². The van der Waals surface area contributed by atoms with Gasteiger partial charge in [0.25, 0.3) is 0 Å². The molecular weight excluding hydrogens is 192 g/mol. The number of likely N-dealkylation sites (N-methyl/N-ethyl adjacent to an activating group) is 1. The Morgan fingerprint density at radius 1 is 1.67 bits per heavy atom. The van der Waals surface area contributed by atoms with Crippen molar-refractivity contribution in [1.82, 2.24) is 20.0 Å². The van der Waals surface area contributed by atoms with E-state index in [9.17, 15) is 0 Å². The smallest absolute Gasteiger partial charge is 0.0640 e. The summed E-state index contributed by atoms with van der Waals surface area (Å²) < 4.78 is 1.78. The van der Waals surface area contributed by atoms with Gasteiger partial charge in [0.15, 0.2) is 0 Å². The maximum atomic E-state index is 8.77. The Morgan fingerprint density at radius 2 is 2.47 bits per heavy atom. The zero-order valence-corrected chi connectivity index (χ0v) is 9.06. The fourth-order valence-electron chi connectivity index (χ4n) is 1.71. The summed E-state index contributed by atoms with van der Waals surface area (Å²) in [6.45, 7) is 3.82. The highest BCUT2D eigenvalue weighted by atomic mass is 16.3. The molecule has 1 fully saturated rings. The third-order valence-electron chi connectivity index (χ3n) is 2.83. The summed E-state index contributed by atoms with van der Waals surface area (Å²) in [5.74, 6) is 0. The van der Waals surface area contributed by atoms with Crippen LogP contribution >= 0.6 is 0 Å². The zero-order chi connectivity index (χ0) is 10.7. The Hall–Kier alpha value is -0.910. The van der Waals surface area contributed by atoms with Crippen LogP contribution in [-0.4, -0.2) is 52.6 Å². The predicted octanol–water partition coefficient (Wildman–Crippen LogP) is -0.721. The average Bonchev–Trinajstić information content (AvgIpc) is 2.49. The number of nitrogens with zero attached hydrogens (tertiary/aromatic N) is 3. The topological polar surface area (TPSA) is 53.3 Å². The van der Waals surface area contributed by atoms with Crippen LogP contribution in [0.5, 0.6) is 0 Å². The van der Waals surface area contributed by atoms with Gasteiger partial charge in [-0.25, -0.2) is 0 Å². The van der Waals surface area contributed by atoms with Crippen LogP contribution in [-0.2, 0) is 13.1 Å². The molecule has 2 N–H and O–H groups in total. The molecule has 5 nitrogen and oxygen atoms in total. The largest absolute Gasteiger partial charge is 0.394 e. The van der Waals surface area contributed by atoms with Crippen molar-refractivity contribution >= 4 is 0 Å². The first-order chi connectivity index (χ1) is 7.29. The normalized spacial score (nSPS) is 17.0. The molecule has 5 heteroatoms. The van der Waals surface area contributed by atoms with E-state index < -0.39 is 0 Å². The third kappa shape index (κ3) is 2.56. The van der Waals surface area contributed by atoms with E-state index in [0.717, 1.165) is 19.6 Å². The molecule has 1 aliphatic heterocycles. The maximum absolute atomic E-state index is 8.77. The van der Waals surface area contributed by atoms with Crippen LogP contribution < -0.4 is 5.32 Å². The van der Waals surface area contributed by atoms with Gasteiger partial charge in [-0.05, 0) is 7.05 Å². The number of nitrogens with one attached hydrogen (secondary N) is 1. The van der Waals surface area contributed by atoms with Gasteiger partial charge in [-0.3, -0.25) is 9.58 Å². The van der Waals surface area contributed by atoms with E-state index in [2.05, 4.69) is 22.4 Å². The fraction of sp³-hybridized carbons (Fsp3) is 0.700. The van der Waals surface area contributed by atoms with Crippen LogP contribution in [0.25, 0.3) is 0 Å². The molecule has 0 saturated carbocycles. The molecule has 0 amide bonds. The first kappa shape index (κ1) is 10.6. The van der Waals surface area contributed by atoms with E-state index in [-0.39, 0.29) is 6.61 Å². The van der Waals surface area contributed by atoms with Crippen LogP contribution in [0.4, 0.5) is 0 Å². The Kier molecular flexibility index (Phi) is 3.35. The molecule has 0 aliphatic carbocycles. The van der Waals surface area contributed by atoms with Gasteiger partial charge >= 0.3 is 0 Å². The van der Waals surface area contributed by atoms with Gasteiger partial charge in [0.1, 0.15) is 0 Å². The highest BCUT2D eigenvalue weighted by Crippen LogP contribution is 2.08. The van der Waals surface area contributed by atoms with Crippen molar-refractivity contribution in [1.29, 1.82) is 0 Å². The van der Waals surface area contributed by atoms with Crippen molar-refractivity contribution in [2.24, 2.45) is 0 Å². The minimum atomic E-state index is 0.142. The SMILES string of the molecule is CN(Cc1cnn(CCO)c1)C1CNC1. The third-order valence-corrected chi connectivity index (χ3v) is 2.83. The van der Waals surface area contributed by atoms with Crippen LogP contribution in [0.3, 0.4) is 0 Å². The van der Waals surface area contributed by atoms with Crippen molar-refractivity contribution in [2.45, 2.75) is 19.1 Å². The molecule has 15 heavy (non-hydrogen) atoms. The van der Waals surface area contributed by atoms with Crippen molar-refractivity contribution in [3.8, 4) is 0 Å². The molecule has 2 heterocycles. The minimum Gasteiger partial charge on any atom is -0.394 e. The second-order valence-corrected chi connectivity index (χ2v) is 4.06. The Bertz CT molecular complexity index is 308. The fourth-order valence-corrected chi connectivity index (χ4v) is 1.71. The molecule has 0 radical (unpaired) electrons. The molecule has 0 spiro atoms. The summed E-state index contributed by atoms with van der Waals surface area (Å²) in [7, 11) is 2.13. The van der Waals surface area contributed by atoms with Crippen molar-refractivity contribution in [3.05, 3.63) is 18.0 Å². The van der Waals surface area contributed by atoms with Gasteiger partial charge in [0.05, 0.1) is 19.3 Å². The highest BCUT2D eigenvalue weighted by molar-refractivity contribution is 5.04. The van der Waals surface area contributed by atoms with Gasteiger partial charge in [-0.2, -0.15) is 5.10 Å². The molecule has 0 aromatic carbocycles. The van der Waals surface area contributed by atoms with Gasteiger partial charge in [-0.15, -0.1) is 0 Å². The summed E-state index contributed by atoms with van der Waals surface area (Å²) in [5.41, 5.74) is 1.21. The Morgan fingerprint density at radius 3 is 3.07 bits per heavy atom. The summed E-state index contributed by atoms with van der Waals surface area (Å²) in [6, 6.07) is 0.659. The van der Waals surface area contributed by atoms with Gasteiger partial charge in [0, 0.05) is 37.4 Å². The first-order valence-corrected chi connectivity index (χ1v) is 5.33. The quantitative estimate of drug-likeness (QED) is 0.673. The Balaban J connectivity index is 1.86. The molecule has 1 aromatic heterocycles. The lowest BCUT2D eigenvalue weighted by Crippen LogP contribution is -2.55. The molecule has 1 aromatic rings. The molecular formula is C10H18N4O. The van der Waals surface area contributed by atoms with E-state index in [1.807, 2.05) is 12.4 Å². The van der Waals surface area contributed by atoms with Crippen molar-refractivity contribution < 1.29 is 5.11 Å². The summed E-state index contributed by atoms with van der Waals surface area (Å²) in [6.07, 6.45) is 3.87. The number of hydrogen-bond acceptors (Lipinski definition) is 4. The van der Waals surface area contributed by atoms with E-state index in [0.29, 0.717) is 12.6 Å². The second-order valence-electron chi connectivity index (χ2n) is 4.06. The maximum Gasteiger partial charge on any atom is 0.0640 e. The number of hydrogen-bond donors (Lipinski definition) is 2. The van der Waals surface area contributed by atoms with Crippen molar-refractivity contribution in [3.63, 3.8) is 0 Å². The molecule has 2 rings (SSSR count). The van der Waals surface area contributed by atoms with Crippen LogP contribution in [0.1, 0.15) is 5.56 Å². The molecule has 0 atom stereocenters. The van der Waals surface area contributed by atoms with Crippen molar-refractivity contribution in [2.75, 3.05) is 26.7 Å². The second kappa shape index (κ2) is 4.74. The lowest BCUT2D eigenvalue weighted by Gasteiger charge is -2.35. The van der Waals surface area contributed by atoms with E-state index in [1.165, 1.54) is 5.56 Å². The lowest BCUT2D eigenvalue weighted by atomic mass is 10.1. The monoisotopic (exact) mass is 210 g/mol. The zero-order valence-electron chi connectivity index (χ0n) is 9.06. The lowest BCUT2D eigenvalue weighted by molar-refractivity contribution is 0.173. The van der Waals surface area contributed by atoms with E-state index >= 15 is 0 Å². The molecule has 0 bridgehead atoms. The number of rotatable bonds is 5. The first-order valence-electron chi connectivity index (χ1n) is 5.33. The van der Waals surface area contributed by atoms with Crippen LogP contribution in [0, 0.1) is 0 Å². The molecule has 1 saturated heterocycles. The Labute approximate surface area is 89.7 Å². The minimum absolute atomic E-state index is 0.142. The number of aliphatic hydroxyl groups excluding tert-OH is 1. The predicted molar refractivity (Wildman–Crippen MR) is 57.4 cm³/mol. The van der Waals surface area contributed by atoms with Crippen LogP contribution in [0.2, 0.25) is 0 Å².